The average Bonchev–Trinajstić information content (AvgIpc) is 2.95. The second-order valence-electron chi connectivity index (χ2n) is 5.36. The molecule has 0 fully saturated rings. The van der Waals surface area contributed by atoms with E-state index in [1.165, 1.54) is 0 Å². The molecule has 3 aromatic carbocycles. The van der Waals surface area contributed by atoms with Gasteiger partial charge in [0.15, 0.2) is 0 Å². The van der Waals surface area contributed by atoms with Gasteiger partial charge >= 0.3 is 0 Å². The van der Waals surface area contributed by atoms with Crippen LogP contribution >= 0.6 is 23.2 Å². The third kappa shape index (κ3) is 2.52. The van der Waals surface area contributed by atoms with E-state index >= 15 is 0 Å². The van der Waals surface area contributed by atoms with Gasteiger partial charge < -0.3 is 9.73 Å². The van der Waals surface area contributed by atoms with Gasteiger partial charge in [0.2, 0.25) is 0 Å². The predicted molar refractivity (Wildman–Crippen MR) is 98.1 cm³/mol. The Kier molecular flexibility index (Phi) is 3.68. The number of anilines is 1. The number of para-hydroxylation sites is 1. The van der Waals surface area contributed by atoms with Crippen LogP contribution in [0.1, 0.15) is 10.4 Å². The van der Waals surface area contributed by atoms with Crippen LogP contribution in [0.15, 0.2) is 65.1 Å². The Labute approximate surface area is 147 Å². The van der Waals surface area contributed by atoms with Gasteiger partial charge in [0.25, 0.3) is 5.91 Å². The Morgan fingerprint density at radius 2 is 1.67 bits per heavy atom. The fourth-order valence-corrected chi connectivity index (χ4v) is 3.07. The largest absolute Gasteiger partial charge is 0.456 e. The maximum Gasteiger partial charge on any atom is 0.257 e. The summed E-state index contributed by atoms with van der Waals surface area (Å²) in [6, 6.07) is 18.3. The minimum Gasteiger partial charge on any atom is -0.456 e. The molecule has 0 aliphatic carbocycles. The molecule has 0 saturated carbocycles. The molecule has 0 spiro atoms. The number of furan rings is 1. The minimum atomic E-state index is -0.311. The number of nitrogens with one attached hydrogen (secondary N) is 1. The molecule has 1 amide bonds. The van der Waals surface area contributed by atoms with Crippen molar-refractivity contribution in [1.29, 1.82) is 0 Å². The van der Waals surface area contributed by atoms with Crippen LogP contribution in [-0.4, -0.2) is 5.91 Å². The van der Waals surface area contributed by atoms with Crippen molar-refractivity contribution < 1.29 is 9.21 Å². The molecule has 0 aliphatic heterocycles. The van der Waals surface area contributed by atoms with Crippen molar-refractivity contribution in [3.63, 3.8) is 0 Å². The molecule has 3 nitrogen and oxygen atoms in total. The van der Waals surface area contributed by atoms with Gasteiger partial charge in [-0.15, -0.1) is 0 Å². The highest BCUT2D eigenvalue weighted by Crippen LogP contribution is 2.31. The Balaban J connectivity index is 1.73. The van der Waals surface area contributed by atoms with E-state index < -0.39 is 0 Å². The lowest BCUT2D eigenvalue weighted by atomic mass is 10.1. The SMILES string of the molecule is O=C(Nc1ccc2oc3ccccc3c2c1)c1cccc(Cl)c1Cl. The molecule has 4 rings (SSSR count). The normalized spacial score (nSPS) is 11.1. The molecule has 1 heterocycles. The standard InChI is InChI=1S/C19H11Cl2NO2/c20-15-6-3-5-13(18(15)21)19(23)22-11-8-9-17-14(10-11)12-4-1-2-7-16(12)24-17/h1-10H,(H,22,23). The zero-order valence-corrected chi connectivity index (χ0v) is 13.9. The highest BCUT2D eigenvalue weighted by molar-refractivity contribution is 6.44. The predicted octanol–water partition coefficient (Wildman–Crippen LogP) is 6.15. The molecule has 5 heteroatoms. The monoisotopic (exact) mass is 355 g/mol. The zero-order chi connectivity index (χ0) is 16.7. The summed E-state index contributed by atoms with van der Waals surface area (Å²) in [5.74, 6) is -0.311. The van der Waals surface area contributed by atoms with Crippen LogP contribution in [0.5, 0.6) is 0 Å². The number of carbonyl (C=O) groups excluding carboxylic acids is 1. The fraction of sp³-hybridized carbons (Fsp3) is 0. The second kappa shape index (κ2) is 5.86. The van der Waals surface area contributed by atoms with Crippen molar-refractivity contribution in [2.24, 2.45) is 0 Å². The lowest BCUT2D eigenvalue weighted by Crippen LogP contribution is -2.12. The number of fused-ring (bicyclic) bond motifs is 3. The van der Waals surface area contributed by atoms with Gasteiger partial charge in [0, 0.05) is 16.5 Å². The molecule has 0 bridgehead atoms. The summed E-state index contributed by atoms with van der Waals surface area (Å²) in [7, 11) is 0. The Bertz CT molecular complexity index is 1090. The van der Waals surface area contributed by atoms with Gasteiger partial charge in [-0.25, -0.2) is 0 Å². The third-order valence-corrected chi connectivity index (χ3v) is 4.65. The van der Waals surface area contributed by atoms with Crippen LogP contribution in [0.2, 0.25) is 10.0 Å². The maximum atomic E-state index is 12.4. The molecule has 1 N–H and O–H groups in total. The summed E-state index contributed by atoms with van der Waals surface area (Å²) in [5, 5.41) is 5.39. The van der Waals surface area contributed by atoms with E-state index in [0.29, 0.717) is 16.3 Å². The summed E-state index contributed by atoms with van der Waals surface area (Å²) >= 11 is 12.1. The molecule has 4 aromatic rings. The molecule has 0 aliphatic rings. The quantitative estimate of drug-likeness (QED) is 0.468. The van der Waals surface area contributed by atoms with Gasteiger partial charge in [-0.05, 0) is 36.4 Å². The van der Waals surface area contributed by atoms with Crippen LogP contribution < -0.4 is 5.32 Å². The minimum absolute atomic E-state index is 0.242. The number of rotatable bonds is 2. The number of amides is 1. The Morgan fingerprint density at radius 3 is 2.54 bits per heavy atom. The van der Waals surface area contributed by atoms with Crippen molar-refractivity contribution in [3.05, 3.63) is 76.3 Å². The summed E-state index contributed by atoms with van der Waals surface area (Å²) in [6.45, 7) is 0. The summed E-state index contributed by atoms with van der Waals surface area (Å²) < 4.78 is 5.78. The van der Waals surface area contributed by atoms with E-state index in [-0.39, 0.29) is 10.9 Å². The smallest absolute Gasteiger partial charge is 0.257 e. The maximum absolute atomic E-state index is 12.4. The summed E-state index contributed by atoms with van der Waals surface area (Å²) in [6.07, 6.45) is 0. The van der Waals surface area contributed by atoms with Gasteiger partial charge in [0.1, 0.15) is 11.2 Å². The molecule has 0 atom stereocenters. The number of halogens is 2. The zero-order valence-electron chi connectivity index (χ0n) is 12.3. The average molecular weight is 356 g/mol. The molecule has 24 heavy (non-hydrogen) atoms. The Morgan fingerprint density at radius 1 is 0.875 bits per heavy atom. The first-order chi connectivity index (χ1) is 11.6. The van der Waals surface area contributed by atoms with Gasteiger partial charge in [-0.1, -0.05) is 47.5 Å². The number of carbonyl (C=O) groups is 1. The highest BCUT2D eigenvalue weighted by Gasteiger charge is 2.14. The lowest BCUT2D eigenvalue weighted by Gasteiger charge is -2.07. The summed E-state index contributed by atoms with van der Waals surface area (Å²) in [4.78, 5) is 12.4. The van der Waals surface area contributed by atoms with Crippen molar-refractivity contribution in [2.75, 3.05) is 5.32 Å². The first kappa shape index (κ1) is 15.1. The van der Waals surface area contributed by atoms with Crippen LogP contribution in [0.3, 0.4) is 0 Å². The van der Waals surface area contributed by atoms with E-state index in [1.807, 2.05) is 36.4 Å². The van der Waals surface area contributed by atoms with Gasteiger partial charge in [-0.3, -0.25) is 4.79 Å². The van der Waals surface area contributed by atoms with E-state index in [4.69, 9.17) is 27.6 Å². The molecule has 1 aromatic heterocycles. The van der Waals surface area contributed by atoms with Crippen molar-refractivity contribution >= 4 is 56.7 Å². The molecule has 0 unspecified atom stereocenters. The fourth-order valence-electron chi connectivity index (χ4n) is 2.68. The van der Waals surface area contributed by atoms with Crippen molar-refractivity contribution in [1.82, 2.24) is 0 Å². The van der Waals surface area contributed by atoms with Crippen molar-refractivity contribution in [2.45, 2.75) is 0 Å². The van der Waals surface area contributed by atoms with Gasteiger partial charge in [-0.2, -0.15) is 0 Å². The van der Waals surface area contributed by atoms with Crippen LogP contribution in [0.25, 0.3) is 21.9 Å². The molecular formula is C19H11Cl2NO2. The number of benzene rings is 3. The van der Waals surface area contributed by atoms with Crippen molar-refractivity contribution in [3.8, 4) is 0 Å². The van der Waals surface area contributed by atoms with E-state index in [2.05, 4.69) is 5.32 Å². The first-order valence-electron chi connectivity index (χ1n) is 7.30. The number of hydrogen-bond donors (Lipinski definition) is 1. The first-order valence-corrected chi connectivity index (χ1v) is 8.06. The van der Waals surface area contributed by atoms with E-state index in [1.54, 1.807) is 24.3 Å². The lowest BCUT2D eigenvalue weighted by molar-refractivity contribution is 0.102. The third-order valence-electron chi connectivity index (χ3n) is 3.83. The van der Waals surface area contributed by atoms with Crippen LogP contribution in [0, 0.1) is 0 Å². The van der Waals surface area contributed by atoms with E-state index in [9.17, 15) is 4.79 Å². The highest BCUT2D eigenvalue weighted by atomic mass is 35.5. The topological polar surface area (TPSA) is 42.2 Å². The summed E-state index contributed by atoms with van der Waals surface area (Å²) in [5.41, 5.74) is 2.58. The Hall–Kier alpha value is -2.49. The number of hydrogen-bond acceptors (Lipinski definition) is 2. The van der Waals surface area contributed by atoms with Gasteiger partial charge in [0.05, 0.1) is 15.6 Å². The second-order valence-corrected chi connectivity index (χ2v) is 6.15. The molecule has 0 saturated heterocycles. The molecular weight excluding hydrogens is 345 g/mol. The van der Waals surface area contributed by atoms with E-state index in [0.717, 1.165) is 21.9 Å². The molecule has 118 valence electrons. The molecule has 0 radical (unpaired) electrons. The van der Waals surface area contributed by atoms with Crippen LogP contribution in [-0.2, 0) is 0 Å². The van der Waals surface area contributed by atoms with Crippen LogP contribution in [0.4, 0.5) is 5.69 Å².